The predicted molar refractivity (Wildman–Crippen MR) is 123 cm³/mol. The first-order valence-corrected chi connectivity index (χ1v) is 14.0. The van der Waals surface area contributed by atoms with Crippen LogP contribution in [-0.2, 0) is 10.1 Å². The van der Waals surface area contributed by atoms with E-state index in [1.807, 2.05) is 6.92 Å². The molecular formula is C24H49KO4S. The number of hydrogen-bond donors (Lipinski definition) is 1. The van der Waals surface area contributed by atoms with E-state index in [1.54, 1.807) is 0 Å². The van der Waals surface area contributed by atoms with E-state index < -0.39 is 15.4 Å². The third-order valence-electron chi connectivity index (χ3n) is 6.07. The largest absolute Gasteiger partial charge is 1.00 e. The van der Waals surface area contributed by atoms with E-state index in [9.17, 15) is 18.1 Å². The molecule has 0 fully saturated rings. The van der Waals surface area contributed by atoms with Crippen LogP contribution in [0.2, 0.25) is 0 Å². The van der Waals surface area contributed by atoms with Crippen LogP contribution in [0, 0.1) is 0 Å². The summed E-state index contributed by atoms with van der Waals surface area (Å²) in [6.07, 6.45) is 21.1. The SMILES string of the molecule is CCCCCCCCCC(CCCCCCCCCCCC(O)CC)S(=O)(=O)[O-].[K+]. The van der Waals surface area contributed by atoms with E-state index in [0.29, 0.717) is 12.8 Å². The summed E-state index contributed by atoms with van der Waals surface area (Å²) in [5.41, 5.74) is 0. The Morgan fingerprint density at radius 1 is 0.633 bits per heavy atom. The molecule has 2 atom stereocenters. The van der Waals surface area contributed by atoms with Gasteiger partial charge in [0.05, 0.1) is 16.2 Å². The molecule has 0 spiro atoms. The van der Waals surface area contributed by atoms with Crippen molar-refractivity contribution >= 4 is 10.1 Å². The first-order valence-electron chi connectivity index (χ1n) is 12.5. The Morgan fingerprint density at radius 2 is 0.967 bits per heavy atom. The van der Waals surface area contributed by atoms with Gasteiger partial charge in [0, 0.05) is 5.25 Å². The molecule has 0 saturated heterocycles. The normalized spacial score (nSPS) is 13.7. The standard InChI is InChI=1S/C24H50O4S.K/c1-3-5-6-7-11-15-18-21-24(29(26,27)28)22-19-16-13-10-8-9-12-14-17-20-23(25)4-2;/h23-25H,3-22H2,1-2H3,(H,26,27,28);/q;+1/p-1. The zero-order valence-corrected chi connectivity index (χ0v) is 24.3. The van der Waals surface area contributed by atoms with E-state index in [-0.39, 0.29) is 57.5 Å². The number of unbranched alkanes of at least 4 members (excludes halogenated alkanes) is 14. The summed E-state index contributed by atoms with van der Waals surface area (Å²) in [6.45, 7) is 4.22. The maximum atomic E-state index is 11.5. The Balaban J connectivity index is 0. The molecule has 1 N–H and O–H groups in total. The monoisotopic (exact) mass is 472 g/mol. The van der Waals surface area contributed by atoms with Gasteiger partial charge in [-0.05, 0) is 25.7 Å². The topological polar surface area (TPSA) is 77.4 Å². The molecule has 0 heterocycles. The molecule has 0 amide bonds. The minimum Gasteiger partial charge on any atom is -0.748 e. The average Bonchev–Trinajstić information content (AvgIpc) is 2.68. The van der Waals surface area contributed by atoms with Crippen LogP contribution in [0.5, 0.6) is 0 Å². The molecule has 6 heteroatoms. The summed E-state index contributed by atoms with van der Waals surface area (Å²) in [5, 5.41) is 8.84. The number of rotatable bonds is 22. The Kier molecular flexibility index (Phi) is 26.6. The predicted octanol–water partition coefficient (Wildman–Crippen LogP) is 4.11. The van der Waals surface area contributed by atoms with Gasteiger partial charge in [0.15, 0.2) is 0 Å². The van der Waals surface area contributed by atoms with Gasteiger partial charge in [-0.3, -0.25) is 0 Å². The van der Waals surface area contributed by atoms with Gasteiger partial charge in [-0.2, -0.15) is 0 Å². The van der Waals surface area contributed by atoms with Crippen molar-refractivity contribution in [2.45, 2.75) is 154 Å². The van der Waals surface area contributed by atoms with Crippen LogP contribution in [0.15, 0.2) is 0 Å². The van der Waals surface area contributed by atoms with E-state index in [4.69, 9.17) is 0 Å². The summed E-state index contributed by atoms with van der Waals surface area (Å²) >= 11 is 0. The molecule has 0 aliphatic carbocycles. The van der Waals surface area contributed by atoms with Crippen molar-refractivity contribution in [1.29, 1.82) is 0 Å². The van der Waals surface area contributed by atoms with E-state index in [2.05, 4.69) is 6.92 Å². The van der Waals surface area contributed by atoms with Crippen molar-refractivity contribution in [2.75, 3.05) is 0 Å². The minimum atomic E-state index is -4.15. The fourth-order valence-corrected chi connectivity index (χ4v) is 4.87. The second-order valence-electron chi connectivity index (χ2n) is 8.85. The van der Waals surface area contributed by atoms with Crippen molar-refractivity contribution in [2.24, 2.45) is 0 Å². The molecule has 4 nitrogen and oxygen atoms in total. The first kappa shape index (κ1) is 33.7. The maximum Gasteiger partial charge on any atom is 1.00 e. The zero-order chi connectivity index (χ0) is 21.8. The summed E-state index contributed by atoms with van der Waals surface area (Å²) in [6, 6.07) is 0. The molecule has 2 unspecified atom stereocenters. The molecule has 0 saturated carbocycles. The maximum absolute atomic E-state index is 11.5. The molecular weight excluding hydrogens is 423 g/mol. The second-order valence-corrected chi connectivity index (χ2v) is 10.5. The van der Waals surface area contributed by atoms with Crippen LogP contribution >= 0.6 is 0 Å². The molecule has 0 aliphatic rings. The Hall–Kier alpha value is 1.51. The number of aliphatic hydroxyl groups excluding tert-OH is 1. The molecule has 0 aromatic heterocycles. The van der Waals surface area contributed by atoms with Crippen molar-refractivity contribution in [3.05, 3.63) is 0 Å². The molecule has 0 aromatic rings. The molecule has 0 aromatic carbocycles. The summed E-state index contributed by atoms with van der Waals surface area (Å²) in [7, 11) is -4.15. The van der Waals surface area contributed by atoms with Crippen molar-refractivity contribution < 1.29 is 69.5 Å². The number of aliphatic hydroxyl groups is 1. The van der Waals surface area contributed by atoms with Crippen molar-refractivity contribution in [3.63, 3.8) is 0 Å². The molecule has 0 bridgehead atoms. The van der Waals surface area contributed by atoms with Crippen LogP contribution in [-0.4, -0.2) is 29.4 Å². The van der Waals surface area contributed by atoms with Gasteiger partial charge in [-0.1, -0.05) is 117 Å². The Bertz CT molecular complexity index is 442. The summed E-state index contributed by atoms with van der Waals surface area (Å²) < 4.78 is 34.6. The third kappa shape index (κ3) is 22.7. The number of hydrogen-bond acceptors (Lipinski definition) is 4. The van der Waals surface area contributed by atoms with Crippen molar-refractivity contribution in [1.82, 2.24) is 0 Å². The van der Waals surface area contributed by atoms with Gasteiger partial charge in [-0.15, -0.1) is 0 Å². The average molecular weight is 473 g/mol. The molecule has 0 aliphatic heterocycles. The van der Waals surface area contributed by atoms with Crippen LogP contribution in [0.3, 0.4) is 0 Å². The van der Waals surface area contributed by atoms with E-state index in [0.717, 1.165) is 57.8 Å². The third-order valence-corrected chi connectivity index (χ3v) is 7.36. The van der Waals surface area contributed by atoms with Gasteiger partial charge in [0.1, 0.15) is 0 Å². The van der Waals surface area contributed by atoms with Crippen LogP contribution < -0.4 is 51.4 Å². The van der Waals surface area contributed by atoms with E-state index >= 15 is 0 Å². The molecule has 176 valence electrons. The quantitative estimate of drug-likeness (QED) is 0.146. The molecule has 0 radical (unpaired) electrons. The summed E-state index contributed by atoms with van der Waals surface area (Å²) in [4.78, 5) is 0. The summed E-state index contributed by atoms with van der Waals surface area (Å²) in [5.74, 6) is 0. The van der Waals surface area contributed by atoms with Crippen LogP contribution in [0.4, 0.5) is 0 Å². The van der Waals surface area contributed by atoms with Gasteiger partial charge in [0.2, 0.25) is 0 Å². The minimum absolute atomic E-state index is 0. The fraction of sp³-hybridized carbons (Fsp3) is 1.00. The van der Waals surface area contributed by atoms with Gasteiger partial charge >= 0.3 is 51.4 Å². The Morgan fingerprint density at radius 3 is 1.30 bits per heavy atom. The molecule has 30 heavy (non-hydrogen) atoms. The van der Waals surface area contributed by atoms with Crippen LogP contribution in [0.25, 0.3) is 0 Å². The molecule has 0 rings (SSSR count). The first-order chi connectivity index (χ1) is 13.9. The Labute approximate surface area is 230 Å². The fourth-order valence-electron chi connectivity index (χ4n) is 3.96. The van der Waals surface area contributed by atoms with Crippen LogP contribution in [0.1, 0.15) is 142 Å². The second kappa shape index (κ2) is 23.7. The van der Waals surface area contributed by atoms with E-state index in [1.165, 1.54) is 57.8 Å². The van der Waals surface area contributed by atoms with Crippen molar-refractivity contribution in [3.8, 4) is 0 Å². The van der Waals surface area contributed by atoms with Gasteiger partial charge in [0.25, 0.3) is 0 Å². The zero-order valence-electron chi connectivity index (χ0n) is 20.4. The smallest absolute Gasteiger partial charge is 0.748 e. The van der Waals surface area contributed by atoms with Gasteiger partial charge in [-0.25, -0.2) is 8.42 Å². The van der Waals surface area contributed by atoms with Gasteiger partial charge < -0.3 is 9.66 Å².